The van der Waals surface area contributed by atoms with E-state index in [1.165, 1.54) is 37.7 Å². The van der Waals surface area contributed by atoms with Crippen LogP contribution in [0.1, 0.15) is 50.5 Å². The highest BCUT2D eigenvalue weighted by atomic mass is 16.5. The van der Waals surface area contributed by atoms with Crippen LogP contribution >= 0.6 is 0 Å². The molecule has 4 nitrogen and oxygen atoms in total. The van der Waals surface area contributed by atoms with E-state index in [0.29, 0.717) is 17.4 Å². The molecular formula is C22H32N2O2. The number of ether oxygens (including phenoxy) is 1. The van der Waals surface area contributed by atoms with Crippen LogP contribution < -0.4 is 0 Å². The molecule has 142 valence electrons. The maximum absolute atomic E-state index is 12.5. The summed E-state index contributed by atoms with van der Waals surface area (Å²) < 4.78 is 5.92. The lowest BCUT2D eigenvalue weighted by atomic mass is 9.72. The van der Waals surface area contributed by atoms with Gasteiger partial charge in [-0.3, -0.25) is 4.79 Å². The number of nitrogens with zero attached hydrogens (tertiary/aromatic N) is 2. The van der Waals surface area contributed by atoms with Gasteiger partial charge in [0.2, 0.25) is 5.91 Å². The van der Waals surface area contributed by atoms with Crippen LogP contribution in [-0.4, -0.2) is 54.6 Å². The summed E-state index contributed by atoms with van der Waals surface area (Å²) in [5.74, 6) is 0.331. The summed E-state index contributed by atoms with van der Waals surface area (Å²) in [7, 11) is 0. The van der Waals surface area contributed by atoms with E-state index in [1.807, 2.05) is 6.07 Å². The van der Waals surface area contributed by atoms with Gasteiger partial charge in [-0.05, 0) is 62.6 Å². The Kier molecular flexibility index (Phi) is 5.60. The number of carbonyl (C=O) groups is 1. The normalized spacial score (nSPS) is 27.0. The zero-order chi connectivity index (χ0) is 17.8. The molecule has 1 atom stereocenters. The van der Waals surface area contributed by atoms with Gasteiger partial charge in [-0.2, -0.15) is 0 Å². The molecule has 3 aliphatic rings. The van der Waals surface area contributed by atoms with E-state index in [2.05, 4.69) is 34.1 Å². The van der Waals surface area contributed by atoms with Gasteiger partial charge in [-0.1, -0.05) is 30.3 Å². The molecular weight excluding hydrogens is 324 g/mol. The van der Waals surface area contributed by atoms with Crippen LogP contribution in [-0.2, 0) is 16.1 Å². The molecule has 0 aliphatic carbocycles. The second kappa shape index (κ2) is 8.10. The molecule has 0 N–H and O–H groups in total. The van der Waals surface area contributed by atoms with Crippen molar-refractivity contribution in [3.63, 3.8) is 0 Å². The number of carbonyl (C=O) groups excluding carboxylic acids is 1. The first kappa shape index (κ1) is 18.0. The summed E-state index contributed by atoms with van der Waals surface area (Å²) in [4.78, 5) is 17.2. The summed E-state index contributed by atoms with van der Waals surface area (Å²) in [5, 5.41) is 0. The Morgan fingerprint density at radius 1 is 1.08 bits per heavy atom. The molecule has 4 heteroatoms. The minimum absolute atomic E-state index is 0.331. The summed E-state index contributed by atoms with van der Waals surface area (Å²) in [6.07, 6.45) is 8.45. The summed E-state index contributed by atoms with van der Waals surface area (Å²) in [6.45, 7) is 6.07. The molecule has 0 aromatic heterocycles. The average Bonchev–Trinajstić information content (AvgIpc) is 2.69. The van der Waals surface area contributed by atoms with E-state index in [4.69, 9.17) is 4.74 Å². The van der Waals surface area contributed by atoms with Crippen molar-refractivity contribution in [2.75, 3.05) is 32.8 Å². The smallest absolute Gasteiger partial charge is 0.222 e. The Bertz CT molecular complexity index is 589. The quantitative estimate of drug-likeness (QED) is 0.828. The zero-order valence-electron chi connectivity index (χ0n) is 15.9. The highest BCUT2D eigenvalue weighted by molar-refractivity contribution is 5.77. The van der Waals surface area contributed by atoms with Crippen LogP contribution in [0.25, 0.3) is 0 Å². The lowest BCUT2D eigenvalue weighted by Crippen LogP contribution is -2.52. The van der Waals surface area contributed by atoms with E-state index in [0.717, 1.165) is 52.2 Å². The monoisotopic (exact) mass is 356 g/mol. The predicted molar refractivity (Wildman–Crippen MR) is 103 cm³/mol. The Morgan fingerprint density at radius 2 is 1.88 bits per heavy atom. The topological polar surface area (TPSA) is 32.8 Å². The molecule has 0 bridgehead atoms. The number of benzene rings is 1. The largest absolute Gasteiger partial charge is 0.377 e. The maximum Gasteiger partial charge on any atom is 0.222 e. The molecule has 0 radical (unpaired) electrons. The number of hydrogen-bond donors (Lipinski definition) is 0. The highest BCUT2D eigenvalue weighted by Gasteiger charge is 2.41. The Morgan fingerprint density at radius 3 is 2.62 bits per heavy atom. The van der Waals surface area contributed by atoms with Gasteiger partial charge in [0.15, 0.2) is 0 Å². The van der Waals surface area contributed by atoms with Crippen molar-refractivity contribution < 1.29 is 9.53 Å². The van der Waals surface area contributed by atoms with Gasteiger partial charge in [-0.25, -0.2) is 0 Å². The molecule has 1 aromatic rings. The fraction of sp³-hybridized carbons (Fsp3) is 0.682. The number of piperidine rings is 2. The van der Waals surface area contributed by atoms with Gasteiger partial charge >= 0.3 is 0 Å². The lowest BCUT2D eigenvalue weighted by Gasteiger charge is -2.48. The molecule has 4 rings (SSSR count). The van der Waals surface area contributed by atoms with E-state index in [1.54, 1.807) is 0 Å². The lowest BCUT2D eigenvalue weighted by molar-refractivity contribution is -0.140. The highest BCUT2D eigenvalue weighted by Crippen LogP contribution is 2.40. The van der Waals surface area contributed by atoms with Crippen LogP contribution in [0.5, 0.6) is 0 Å². The van der Waals surface area contributed by atoms with E-state index in [9.17, 15) is 4.79 Å². The molecule has 0 saturated carbocycles. The molecule has 3 fully saturated rings. The van der Waals surface area contributed by atoms with Crippen molar-refractivity contribution in [2.24, 2.45) is 5.41 Å². The van der Waals surface area contributed by atoms with E-state index >= 15 is 0 Å². The van der Waals surface area contributed by atoms with Crippen molar-refractivity contribution in [3.05, 3.63) is 35.9 Å². The number of amides is 1. The van der Waals surface area contributed by atoms with Crippen molar-refractivity contribution in [1.29, 1.82) is 0 Å². The van der Waals surface area contributed by atoms with E-state index in [-0.39, 0.29) is 0 Å². The summed E-state index contributed by atoms with van der Waals surface area (Å²) >= 11 is 0. The SMILES string of the molecule is O=C1CCC2(CCN(CC3CCCCO3)CC2)CN1Cc1ccccc1. The fourth-order valence-corrected chi connectivity index (χ4v) is 4.91. The van der Waals surface area contributed by atoms with Gasteiger partial charge < -0.3 is 14.5 Å². The van der Waals surface area contributed by atoms with Gasteiger partial charge in [-0.15, -0.1) is 0 Å². The molecule has 1 amide bonds. The Hall–Kier alpha value is -1.39. The second-order valence-electron chi connectivity index (χ2n) is 8.52. The van der Waals surface area contributed by atoms with Crippen LogP contribution in [0.3, 0.4) is 0 Å². The summed E-state index contributed by atoms with van der Waals surface area (Å²) in [6, 6.07) is 10.4. The standard InChI is InChI=1S/C22H32N2O2/c25-21-9-10-22(18-24(21)16-19-6-2-1-3-7-19)11-13-23(14-12-22)17-20-8-4-5-15-26-20/h1-3,6-7,20H,4-5,8-18H2. The average molecular weight is 357 g/mol. The number of rotatable bonds is 4. The Labute approximate surface area is 157 Å². The van der Waals surface area contributed by atoms with E-state index < -0.39 is 0 Å². The Balaban J connectivity index is 1.32. The second-order valence-corrected chi connectivity index (χ2v) is 8.52. The molecule has 1 spiro atoms. The van der Waals surface area contributed by atoms with Gasteiger partial charge in [0.25, 0.3) is 0 Å². The van der Waals surface area contributed by atoms with Gasteiger partial charge in [0.1, 0.15) is 0 Å². The molecule has 3 heterocycles. The zero-order valence-corrected chi connectivity index (χ0v) is 15.9. The minimum Gasteiger partial charge on any atom is -0.377 e. The molecule has 1 aromatic carbocycles. The first-order valence-electron chi connectivity index (χ1n) is 10.4. The van der Waals surface area contributed by atoms with Crippen molar-refractivity contribution >= 4 is 5.91 Å². The van der Waals surface area contributed by atoms with Crippen molar-refractivity contribution in [1.82, 2.24) is 9.80 Å². The van der Waals surface area contributed by atoms with Gasteiger partial charge in [0, 0.05) is 32.7 Å². The summed E-state index contributed by atoms with van der Waals surface area (Å²) in [5.41, 5.74) is 1.58. The van der Waals surface area contributed by atoms with Crippen molar-refractivity contribution in [3.8, 4) is 0 Å². The predicted octanol–water partition coefficient (Wildman–Crippen LogP) is 3.46. The molecule has 26 heavy (non-hydrogen) atoms. The third-order valence-electron chi connectivity index (χ3n) is 6.62. The van der Waals surface area contributed by atoms with Crippen LogP contribution in [0.4, 0.5) is 0 Å². The number of hydrogen-bond acceptors (Lipinski definition) is 3. The van der Waals surface area contributed by atoms with Crippen LogP contribution in [0, 0.1) is 5.41 Å². The third-order valence-corrected chi connectivity index (χ3v) is 6.62. The minimum atomic E-state index is 0.331. The van der Waals surface area contributed by atoms with Crippen LogP contribution in [0.15, 0.2) is 30.3 Å². The fourth-order valence-electron chi connectivity index (χ4n) is 4.91. The number of likely N-dealkylation sites (tertiary alicyclic amines) is 2. The first-order valence-corrected chi connectivity index (χ1v) is 10.4. The first-order chi connectivity index (χ1) is 12.7. The maximum atomic E-state index is 12.5. The molecule has 1 unspecified atom stereocenters. The molecule has 3 aliphatic heterocycles. The van der Waals surface area contributed by atoms with Crippen molar-refractivity contribution in [2.45, 2.75) is 57.6 Å². The molecule has 3 saturated heterocycles. The van der Waals surface area contributed by atoms with Gasteiger partial charge in [0.05, 0.1) is 6.10 Å². The third kappa shape index (κ3) is 4.29. The van der Waals surface area contributed by atoms with Crippen LogP contribution in [0.2, 0.25) is 0 Å².